The number of hydrogen-bond donors (Lipinski definition) is 1. The molecule has 19 heavy (non-hydrogen) atoms. The van der Waals surface area contributed by atoms with Crippen molar-refractivity contribution < 1.29 is 22.3 Å². The van der Waals surface area contributed by atoms with Crippen molar-refractivity contribution in [3.8, 4) is 5.88 Å². The normalized spacial score (nSPS) is 12.1. The van der Waals surface area contributed by atoms with Gasteiger partial charge in [-0.05, 0) is 20.8 Å². The molecule has 1 N–H and O–H groups in total. The first-order valence-corrected chi connectivity index (χ1v) is 5.63. The van der Waals surface area contributed by atoms with Crippen LogP contribution < -0.4 is 10.1 Å². The van der Waals surface area contributed by atoms with Gasteiger partial charge in [0, 0.05) is 11.8 Å². The molecule has 0 radical (unpaired) electrons. The van der Waals surface area contributed by atoms with Crippen LogP contribution in [0.25, 0.3) is 0 Å². The van der Waals surface area contributed by atoms with Gasteiger partial charge in [0.1, 0.15) is 0 Å². The molecule has 0 aliphatic rings. The molecule has 1 heterocycles. The Bertz CT molecular complexity index is 426. The lowest BCUT2D eigenvalue weighted by atomic mass is 10.3. The van der Waals surface area contributed by atoms with E-state index >= 15 is 0 Å². The van der Waals surface area contributed by atoms with Gasteiger partial charge in [0.2, 0.25) is 11.8 Å². The number of alkyl halides is 4. The summed E-state index contributed by atoms with van der Waals surface area (Å²) in [6.45, 7) is 3.92. The molecule has 0 aromatic carbocycles. The molecular weight excluding hydrogens is 266 g/mol. The summed E-state index contributed by atoms with van der Waals surface area (Å²) in [7, 11) is 0. The Morgan fingerprint density at radius 3 is 2.47 bits per heavy atom. The lowest BCUT2D eigenvalue weighted by Gasteiger charge is -2.16. The fourth-order valence-electron chi connectivity index (χ4n) is 1.19. The monoisotopic (exact) mass is 281 g/mol. The SMILES string of the molecule is Cc1cc(OC(C)C)nc(NCC(F)(F)C(F)F)n1. The van der Waals surface area contributed by atoms with Gasteiger partial charge < -0.3 is 10.1 Å². The van der Waals surface area contributed by atoms with E-state index in [4.69, 9.17) is 4.74 Å². The van der Waals surface area contributed by atoms with Gasteiger partial charge in [-0.25, -0.2) is 13.8 Å². The summed E-state index contributed by atoms with van der Waals surface area (Å²) in [5.74, 6) is -4.10. The van der Waals surface area contributed by atoms with Crippen LogP contribution in [0.5, 0.6) is 5.88 Å². The number of aryl methyl sites for hydroxylation is 1. The van der Waals surface area contributed by atoms with Gasteiger partial charge in [-0.3, -0.25) is 0 Å². The Hall–Kier alpha value is -1.60. The van der Waals surface area contributed by atoms with E-state index in [2.05, 4.69) is 15.3 Å². The Morgan fingerprint density at radius 2 is 1.95 bits per heavy atom. The number of ether oxygens (including phenoxy) is 1. The summed E-state index contributed by atoms with van der Waals surface area (Å²) in [6, 6.07) is 1.52. The van der Waals surface area contributed by atoms with Crippen LogP contribution in [0.15, 0.2) is 6.07 Å². The number of rotatable bonds is 6. The van der Waals surface area contributed by atoms with Crippen molar-refractivity contribution >= 4 is 5.95 Å². The molecular formula is C11H15F4N3O. The summed E-state index contributed by atoms with van der Waals surface area (Å²) in [5.41, 5.74) is 0.480. The molecule has 0 fully saturated rings. The molecule has 0 spiro atoms. The van der Waals surface area contributed by atoms with E-state index < -0.39 is 18.9 Å². The summed E-state index contributed by atoms with van der Waals surface area (Å²) in [6.07, 6.45) is -3.89. The van der Waals surface area contributed by atoms with Crippen LogP contribution in [0.1, 0.15) is 19.5 Å². The van der Waals surface area contributed by atoms with Crippen molar-refractivity contribution in [1.29, 1.82) is 0 Å². The van der Waals surface area contributed by atoms with Gasteiger partial charge >= 0.3 is 12.3 Å². The smallest absolute Gasteiger partial charge is 0.324 e. The molecule has 0 bridgehead atoms. The average Bonchev–Trinajstić information content (AvgIpc) is 2.24. The van der Waals surface area contributed by atoms with Crippen LogP contribution >= 0.6 is 0 Å². The van der Waals surface area contributed by atoms with E-state index in [1.165, 1.54) is 6.07 Å². The number of halogens is 4. The molecule has 8 heteroatoms. The molecule has 108 valence electrons. The summed E-state index contributed by atoms with van der Waals surface area (Å²) >= 11 is 0. The Kier molecular flexibility index (Phi) is 4.90. The average molecular weight is 281 g/mol. The topological polar surface area (TPSA) is 47.0 Å². The molecule has 1 aromatic rings. The highest BCUT2D eigenvalue weighted by Gasteiger charge is 2.40. The van der Waals surface area contributed by atoms with Crippen molar-refractivity contribution in [3.05, 3.63) is 11.8 Å². The van der Waals surface area contributed by atoms with E-state index in [-0.39, 0.29) is 17.9 Å². The molecule has 0 unspecified atom stereocenters. The maximum atomic E-state index is 12.7. The highest BCUT2D eigenvalue weighted by Crippen LogP contribution is 2.23. The van der Waals surface area contributed by atoms with Gasteiger partial charge in [0.15, 0.2) is 0 Å². The minimum Gasteiger partial charge on any atom is -0.475 e. The van der Waals surface area contributed by atoms with Crippen LogP contribution in [0.3, 0.4) is 0 Å². The standard InChI is InChI=1S/C11H15F4N3O/c1-6(2)19-8-4-7(3)17-10(18-8)16-5-11(14,15)9(12)13/h4,6,9H,5H2,1-3H3,(H,16,17,18). The minimum absolute atomic E-state index is 0.148. The maximum absolute atomic E-state index is 12.7. The molecule has 0 atom stereocenters. The molecule has 4 nitrogen and oxygen atoms in total. The number of anilines is 1. The predicted molar refractivity (Wildman–Crippen MR) is 62.0 cm³/mol. The first-order chi connectivity index (χ1) is 8.70. The van der Waals surface area contributed by atoms with Crippen molar-refractivity contribution in [2.75, 3.05) is 11.9 Å². The van der Waals surface area contributed by atoms with E-state index in [9.17, 15) is 17.6 Å². The number of nitrogens with zero attached hydrogens (tertiary/aromatic N) is 2. The molecule has 1 aromatic heterocycles. The van der Waals surface area contributed by atoms with Crippen LogP contribution in [0.2, 0.25) is 0 Å². The fourth-order valence-corrected chi connectivity index (χ4v) is 1.19. The molecule has 0 aliphatic heterocycles. The molecule has 0 aliphatic carbocycles. The summed E-state index contributed by atoms with van der Waals surface area (Å²) in [4.78, 5) is 7.64. The second-order valence-corrected chi connectivity index (χ2v) is 4.25. The van der Waals surface area contributed by atoms with Gasteiger partial charge in [-0.1, -0.05) is 0 Å². The van der Waals surface area contributed by atoms with Crippen molar-refractivity contribution in [2.24, 2.45) is 0 Å². The fraction of sp³-hybridized carbons (Fsp3) is 0.636. The van der Waals surface area contributed by atoms with E-state index in [0.29, 0.717) is 5.69 Å². The van der Waals surface area contributed by atoms with E-state index in [1.54, 1.807) is 20.8 Å². The Labute approximate surface area is 108 Å². The lowest BCUT2D eigenvalue weighted by Crippen LogP contribution is -2.35. The van der Waals surface area contributed by atoms with Crippen LogP contribution in [-0.2, 0) is 0 Å². The summed E-state index contributed by atoms with van der Waals surface area (Å²) in [5, 5.41) is 2.09. The van der Waals surface area contributed by atoms with Gasteiger partial charge in [0.25, 0.3) is 0 Å². The van der Waals surface area contributed by atoms with Crippen molar-refractivity contribution in [3.63, 3.8) is 0 Å². The summed E-state index contributed by atoms with van der Waals surface area (Å²) < 4.78 is 54.8. The Balaban J connectivity index is 2.76. The maximum Gasteiger partial charge on any atom is 0.324 e. The van der Waals surface area contributed by atoms with Gasteiger partial charge in [-0.2, -0.15) is 13.8 Å². The highest BCUT2D eigenvalue weighted by molar-refractivity contribution is 5.31. The zero-order valence-corrected chi connectivity index (χ0v) is 10.8. The largest absolute Gasteiger partial charge is 0.475 e. The lowest BCUT2D eigenvalue weighted by molar-refractivity contribution is -0.117. The zero-order valence-electron chi connectivity index (χ0n) is 10.8. The number of nitrogens with one attached hydrogen (secondary N) is 1. The molecule has 0 saturated carbocycles. The molecule has 0 saturated heterocycles. The molecule has 0 amide bonds. The third kappa shape index (κ3) is 4.88. The third-order valence-electron chi connectivity index (χ3n) is 1.99. The van der Waals surface area contributed by atoms with Crippen LogP contribution in [-0.4, -0.2) is 35.0 Å². The second-order valence-electron chi connectivity index (χ2n) is 4.25. The highest BCUT2D eigenvalue weighted by atomic mass is 19.3. The Morgan fingerprint density at radius 1 is 1.32 bits per heavy atom. The molecule has 1 rings (SSSR count). The van der Waals surface area contributed by atoms with Crippen molar-refractivity contribution in [2.45, 2.75) is 39.2 Å². The minimum atomic E-state index is -4.13. The third-order valence-corrected chi connectivity index (χ3v) is 1.99. The van der Waals surface area contributed by atoms with E-state index in [1.807, 2.05) is 0 Å². The number of hydrogen-bond acceptors (Lipinski definition) is 4. The zero-order chi connectivity index (χ0) is 14.6. The first-order valence-electron chi connectivity index (χ1n) is 5.63. The van der Waals surface area contributed by atoms with E-state index in [0.717, 1.165) is 0 Å². The van der Waals surface area contributed by atoms with Crippen LogP contribution in [0, 0.1) is 6.92 Å². The quantitative estimate of drug-likeness (QED) is 0.814. The van der Waals surface area contributed by atoms with Gasteiger partial charge in [0.05, 0.1) is 12.6 Å². The second kappa shape index (κ2) is 6.03. The number of aromatic nitrogens is 2. The van der Waals surface area contributed by atoms with Gasteiger partial charge in [-0.15, -0.1) is 0 Å². The first kappa shape index (κ1) is 15.5. The van der Waals surface area contributed by atoms with Crippen LogP contribution in [0.4, 0.5) is 23.5 Å². The predicted octanol–water partition coefficient (Wildman–Crippen LogP) is 2.88. The van der Waals surface area contributed by atoms with Crippen molar-refractivity contribution in [1.82, 2.24) is 9.97 Å².